The van der Waals surface area contributed by atoms with Gasteiger partial charge in [0, 0.05) is 38.9 Å². The van der Waals surface area contributed by atoms with Crippen LogP contribution in [0.1, 0.15) is 20.3 Å². The molecule has 0 aromatic heterocycles. The highest BCUT2D eigenvalue weighted by atomic mass is 32.2. The molecule has 1 unspecified atom stereocenters. The van der Waals surface area contributed by atoms with Crippen LogP contribution in [-0.4, -0.2) is 57.9 Å². The molecule has 0 heterocycles. The molecule has 0 saturated heterocycles. The minimum Gasteiger partial charge on any atom is -0.384 e. The summed E-state index contributed by atoms with van der Waals surface area (Å²) in [5.74, 6) is 0. The molecule has 1 N–H and O–H groups in total. The van der Waals surface area contributed by atoms with Crippen LogP contribution in [0.5, 0.6) is 0 Å². The van der Waals surface area contributed by atoms with Gasteiger partial charge in [0.25, 0.3) is 0 Å². The number of benzene rings is 1. The van der Waals surface area contributed by atoms with Gasteiger partial charge in [0.05, 0.1) is 4.90 Å². The maximum atomic E-state index is 12.0. The molecule has 0 aliphatic heterocycles. The Morgan fingerprint density at radius 3 is 2.19 bits per heavy atom. The first-order valence-electron chi connectivity index (χ1n) is 7.25. The van der Waals surface area contributed by atoms with Gasteiger partial charge in [0.1, 0.15) is 0 Å². The Morgan fingerprint density at radius 1 is 1.14 bits per heavy atom. The van der Waals surface area contributed by atoms with E-state index in [2.05, 4.69) is 31.1 Å². The van der Waals surface area contributed by atoms with E-state index >= 15 is 0 Å². The van der Waals surface area contributed by atoms with Crippen LogP contribution in [0.4, 0.5) is 5.69 Å². The third-order valence-corrected chi connectivity index (χ3v) is 5.60. The van der Waals surface area contributed by atoms with Gasteiger partial charge in [-0.15, -0.1) is 0 Å². The van der Waals surface area contributed by atoms with Gasteiger partial charge in [0.15, 0.2) is 0 Å². The van der Waals surface area contributed by atoms with Crippen molar-refractivity contribution in [3.8, 4) is 0 Å². The number of hydrogen-bond donors (Lipinski definition) is 1. The number of rotatable bonds is 8. The Balaban J connectivity index is 2.56. The molecule has 1 atom stereocenters. The van der Waals surface area contributed by atoms with Gasteiger partial charge in [-0.2, -0.15) is 0 Å². The van der Waals surface area contributed by atoms with E-state index in [1.165, 1.54) is 18.4 Å². The standard InChI is InChI=1S/C15H27N3O2S/c1-6-13(2)18(5)12-11-16-14-7-9-15(10-8-14)21(19,20)17(3)4/h7-10,13,16H,6,11-12H2,1-5H3. The average Bonchev–Trinajstić information content (AvgIpc) is 2.46. The molecule has 0 radical (unpaired) electrons. The number of anilines is 1. The highest BCUT2D eigenvalue weighted by Crippen LogP contribution is 2.16. The molecule has 0 aliphatic carbocycles. The lowest BCUT2D eigenvalue weighted by Crippen LogP contribution is -2.32. The summed E-state index contributed by atoms with van der Waals surface area (Å²) in [4.78, 5) is 2.62. The minimum atomic E-state index is -3.34. The molecule has 0 fully saturated rings. The first-order valence-corrected chi connectivity index (χ1v) is 8.69. The molecular formula is C15H27N3O2S. The summed E-state index contributed by atoms with van der Waals surface area (Å²) in [7, 11) is 1.84. The molecular weight excluding hydrogens is 286 g/mol. The Bertz CT molecular complexity index is 526. The van der Waals surface area contributed by atoms with Crippen molar-refractivity contribution in [2.24, 2.45) is 0 Å². The molecule has 0 spiro atoms. The SMILES string of the molecule is CCC(C)N(C)CCNc1ccc(S(=O)(=O)N(C)C)cc1. The first kappa shape index (κ1) is 17.9. The van der Waals surface area contributed by atoms with Crippen molar-refractivity contribution in [1.29, 1.82) is 0 Å². The topological polar surface area (TPSA) is 52.7 Å². The van der Waals surface area contributed by atoms with Gasteiger partial charge in [0.2, 0.25) is 10.0 Å². The van der Waals surface area contributed by atoms with Crippen molar-refractivity contribution in [2.45, 2.75) is 31.2 Å². The van der Waals surface area contributed by atoms with E-state index < -0.39 is 10.0 Å². The van der Waals surface area contributed by atoms with E-state index in [4.69, 9.17) is 0 Å². The molecule has 5 nitrogen and oxygen atoms in total. The summed E-state index contributed by atoms with van der Waals surface area (Å²) >= 11 is 0. The van der Waals surface area contributed by atoms with Crippen LogP contribution < -0.4 is 5.32 Å². The van der Waals surface area contributed by atoms with Crippen molar-refractivity contribution in [3.63, 3.8) is 0 Å². The van der Waals surface area contributed by atoms with Crippen LogP contribution in [0.2, 0.25) is 0 Å². The van der Waals surface area contributed by atoms with Crippen LogP contribution in [0.3, 0.4) is 0 Å². The number of hydrogen-bond acceptors (Lipinski definition) is 4. The minimum absolute atomic E-state index is 0.315. The van der Waals surface area contributed by atoms with Crippen molar-refractivity contribution >= 4 is 15.7 Å². The number of sulfonamides is 1. The Kier molecular flexibility index (Phi) is 6.64. The van der Waals surface area contributed by atoms with Crippen LogP contribution in [-0.2, 0) is 10.0 Å². The molecule has 1 rings (SSSR count). The molecule has 0 amide bonds. The first-order chi connectivity index (χ1) is 9.78. The fourth-order valence-electron chi connectivity index (χ4n) is 1.86. The number of likely N-dealkylation sites (N-methyl/N-ethyl adjacent to an activating group) is 1. The Labute approximate surface area is 129 Å². The highest BCUT2D eigenvalue weighted by Gasteiger charge is 2.16. The van der Waals surface area contributed by atoms with E-state index in [9.17, 15) is 8.42 Å². The Morgan fingerprint density at radius 2 is 1.71 bits per heavy atom. The monoisotopic (exact) mass is 313 g/mol. The summed E-state index contributed by atoms with van der Waals surface area (Å²) < 4.78 is 25.1. The molecule has 0 aliphatic rings. The van der Waals surface area contributed by atoms with E-state index in [-0.39, 0.29) is 0 Å². The largest absolute Gasteiger partial charge is 0.384 e. The van der Waals surface area contributed by atoms with Gasteiger partial charge in [-0.1, -0.05) is 6.92 Å². The van der Waals surface area contributed by atoms with Crippen molar-refractivity contribution in [2.75, 3.05) is 39.5 Å². The molecule has 120 valence electrons. The van der Waals surface area contributed by atoms with Crippen molar-refractivity contribution < 1.29 is 8.42 Å². The second-order valence-electron chi connectivity index (χ2n) is 5.48. The second kappa shape index (κ2) is 7.77. The highest BCUT2D eigenvalue weighted by molar-refractivity contribution is 7.89. The zero-order valence-electron chi connectivity index (χ0n) is 13.6. The summed E-state index contributed by atoms with van der Waals surface area (Å²) in [5.41, 5.74) is 0.935. The van der Waals surface area contributed by atoms with Crippen molar-refractivity contribution in [3.05, 3.63) is 24.3 Å². The van der Waals surface area contributed by atoms with Crippen LogP contribution in [0, 0.1) is 0 Å². The average molecular weight is 313 g/mol. The quantitative estimate of drug-likeness (QED) is 0.798. The summed E-state index contributed by atoms with van der Waals surface area (Å²) in [6, 6.07) is 7.45. The zero-order valence-corrected chi connectivity index (χ0v) is 14.4. The van der Waals surface area contributed by atoms with Gasteiger partial charge < -0.3 is 10.2 Å². The summed E-state index contributed by atoms with van der Waals surface area (Å²) in [6.45, 7) is 6.17. The van der Waals surface area contributed by atoms with Crippen LogP contribution in [0.25, 0.3) is 0 Å². The van der Waals surface area contributed by atoms with Crippen LogP contribution in [0.15, 0.2) is 29.2 Å². The smallest absolute Gasteiger partial charge is 0.242 e. The molecule has 0 bridgehead atoms. The Hall–Kier alpha value is -1.11. The predicted molar refractivity (Wildman–Crippen MR) is 88.2 cm³/mol. The number of nitrogens with one attached hydrogen (secondary N) is 1. The fraction of sp³-hybridized carbons (Fsp3) is 0.600. The lowest BCUT2D eigenvalue weighted by molar-refractivity contribution is 0.261. The normalized spacial score (nSPS) is 13.7. The van der Waals surface area contributed by atoms with Gasteiger partial charge >= 0.3 is 0 Å². The summed E-state index contributed by atoms with van der Waals surface area (Å²) in [6.07, 6.45) is 1.13. The molecule has 0 saturated carbocycles. The maximum absolute atomic E-state index is 12.0. The lowest BCUT2D eigenvalue weighted by Gasteiger charge is -2.23. The molecule has 21 heavy (non-hydrogen) atoms. The second-order valence-corrected chi connectivity index (χ2v) is 7.63. The molecule has 6 heteroatoms. The van der Waals surface area contributed by atoms with E-state index in [1.807, 2.05) is 0 Å². The van der Waals surface area contributed by atoms with E-state index in [0.29, 0.717) is 10.9 Å². The molecule has 1 aromatic carbocycles. The number of nitrogens with zero attached hydrogens (tertiary/aromatic N) is 2. The van der Waals surface area contributed by atoms with Gasteiger partial charge in [-0.3, -0.25) is 0 Å². The fourth-order valence-corrected chi connectivity index (χ4v) is 2.77. The van der Waals surface area contributed by atoms with E-state index in [1.54, 1.807) is 24.3 Å². The predicted octanol–water partition coefficient (Wildman–Crippen LogP) is 2.08. The lowest BCUT2D eigenvalue weighted by atomic mass is 10.2. The molecule has 1 aromatic rings. The van der Waals surface area contributed by atoms with Gasteiger partial charge in [-0.05, 0) is 44.7 Å². The third-order valence-electron chi connectivity index (χ3n) is 3.77. The van der Waals surface area contributed by atoms with Crippen molar-refractivity contribution in [1.82, 2.24) is 9.21 Å². The zero-order chi connectivity index (χ0) is 16.0. The third kappa shape index (κ3) is 4.98. The maximum Gasteiger partial charge on any atom is 0.242 e. The van der Waals surface area contributed by atoms with Gasteiger partial charge in [-0.25, -0.2) is 12.7 Å². The van der Waals surface area contributed by atoms with Crippen LogP contribution >= 0.6 is 0 Å². The van der Waals surface area contributed by atoms with E-state index in [0.717, 1.165) is 25.2 Å². The summed E-state index contributed by atoms with van der Waals surface area (Å²) in [5, 5.41) is 3.31.